The van der Waals surface area contributed by atoms with E-state index in [1.807, 2.05) is 6.07 Å². The molecule has 0 aliphatic heterocycles. The van der Waals surface area contributed by atoms with E-state index in [0.717, 1.165) is 36.9 Å². The largest absolute Gasteiger partial charge is 0.345 e. The topological polar surface area (TPSA) is 18.5 Å². The van der Waals surface area contributed by atoms with Gasteiger partial charge in [0.05, 0.1) is 0 Å². The second-order valence-corrected chi connectivity index (χ2v) is 7.26. The summed E-state index contributed by atoms with van der Waals surface area (Å²) in [7, 11) is 4.21. The molecule has 0 aliphatic rings. The van der Waals surface area contributed by atoms with Gasteiger partial charge in [-0.05, 0) is 81.9 Å². The fourth-order valence-electron chi connectivity index (χ4n) is 2.88. The number of nitrogens with zero attached hydrogens (tertiary/aromatic N) is 2. The molecule has 0 amide bonds. The predicted molar refractivity (Wildman–Crippen MR) is 112 cm³/mol. The third-order valence-corrected chi connectivity index (χ3v) is 4.37. The molecule has 1 N–H and O–H groups in total. The summed E-state index contributed by atoms with van der Waals surface area (Å²) in [4.78, 5) is 4.47. The summed E-state index contributed by atoms with van der Waals surface area (Å²) in [5.74, 6) is 0. The van der Waals surface area contributed by atoms with Crippen molar-refractivity contribution in [3.63, 3.8) is 0 Å². The Bertz CT molecular complexity index is 663. The Labute approximate surface area is 157 Å². The van der Waals surface area contributed by atoms with Gasteiger partial charge in [-0.3, -0.25) is 0 Å². The third-order valence-electron chi connectivity index (χ3n) is 4.01. The summed E-state index contributed by atoms with van der Waals surface area (Å²) in [5, 5.41) is 4.21. The lowest BCUT2D eigenvalue weighted by atomic mass is 10.1. The number of hydrogen-bond acceptors (Lipinski definition) is 2. The Balaban J connectivity index is 2.07. The molecule has 0 saturated carbocycles. The quantitative estimate of drug-likeness (QED) is 0.739. The molecule has 0 spiro atoms. The Hall–Kier alpha value is -1.91. The first-order valence-electron chi connectivity index (χ1n) is 8.77. The normalized spacial score (nSPS) is 10.8. The van der Waals surface area contributed by atoms with Gasteiger partial charge < -0.3 is 15.1 Å². The fourth-order valence-corrected chi connectivity index (χ4v) is 3.16. The summed E-state index contributed by atoms with van der Waals surface area (Å²) >= 11 is 5.72. The maximum Gasteiger partial charge on any atom is 0.173 e. The molecule has 0 atom stereocenters. The van der Waals surface area contributed by atoms with Crippen LogP contribution in [0.15, 0.2) is 48.5 Å². The van der Waals surface area contributed by atoms with E-state index in [2.05, 4.69) is 85.5 Å². The van der Waals surface area contributed by atoms with Crippen molar-refractivity contribution in [2.24, 2.45) is 0 Å². The fraction of sp³-hybridized carbons (Fsp3) is 0.381. The molecule has 0 bridgehead atoms. The predicted octanol–water partition coefficient (Wildman–Crippen LogP) is 4.45. The number of aryl methyl sites for hydroxylation is 2. The molecule has 0 aliphatic carbocycles. The van der Waals surface area contributed by atoms with Crippen molar-refractivity contribution in [2.45, 2.75) is 26.8 Å². The number of rotatable bonds is 7. The highest BCUT2D eigenvalue weighted by atomic mass is 32.1. The Kier molecular flexibility index (Phi) is 7.41. The van der Waals surface area contributed by atoms with Crippen LogP contribution in [0.4, 0.5) is 5.69 Å². The second-order valence-electron chi connectivity index (χ2n) is 6.87. The molecule has 0 fully saturated rings. The van der Waals surface area contributed by atoms with Crippen LogP contribution < -0.4 is 5.32 Å². The van der Waals surface area contributed by atoms with Crippen molar-refractivity contribution in [3.8, 4) is 0 Å². The van der Waals surface area contributed by atoms with Gasteiger partial charge in [0, 0.05) is 18.8 Å². The Morgan fingerprint density at radius 1 is 0.960 bits per heavy atom. The molecule has 0 unspecified atom stereocenters. The zero-order valence-corrected chi connectivity index (χ0v) is 16.6. The average molecular weight is 356 g/mol. The SMILES string of the molecule is Cc1cc(C)cc(NC(=S)N(CCCN(C)C)Cc2ccccc2)c1. The minimum absolute atomic E-state index is 0.785. The number of thiocarbonyl (C=S) groups is 1. The molecular weight excluding hydrogens is 326 g/mol. The highest BCUT2D eigenvalue weighted by Crippen LogP contribution is 2.15. The van der Waals surface area contributed by atoms with Gasteiger partial charge in [-0.25, -0.2) is 0 Å². The van der Waals surface area contributed by atoms with Gasteiger partial charge >= 0.3 is 0 Å². The molecule has 0 heterocycles. The Morgan fingerprint density at radius 3 is 2.20 bits per heavy atom. The first-order chi connectivity index (χ1) is 11.9. The van der Waals surface area contributed by atoms with Crippen molar-refractivity contribution in [3.05, 3.63) is 65.2 Å². The first-order valence-corrected chi connectivity index (χ1v) is 9.18. The van der Waals surface area contributed by atoms with Crippen LogP contribution in [0.25, 0.3) is 0 Å². The lowest BCUT2D eigenvalue weighted by Gasteiger charge is -2.27. The molecule has 2 aromatic rings. The summed E-state index contributed by atoms with van der Waals surface area (Å²) in [6.45, 7) is 7.03. The number of hydrogen-bond donors (Lipinski definition) is 1. The van der Waals surface area contributed by atoms with Gasteiger partial charge in [0.2, 0.25) is 0 Å². The van der Waals surface area contributed by atoms with Crippen LogP contribution in [0.2, 0.25) is 0 Å². The molecule has 2 aromatic carbocycles. The molecule has 4 heteroatoms. The van der Waals surface area contributed by atoms with Crippen molar-refractivity contribution in [2.75, 3.05) is 32.5 Å². The molecule has 2 rings (SSSR count). The van der Waals surface area contributed by atoms with Gasteiger partial charge in [0.25, 0.3) is 0 Å². The highest BCUT2D eigenvalue weighted by Gasteiger charge is 2.11. The lowest BCUT2D eigenvalue weighted by Crippen LogP contribution is -2.36. The number of anilines is 1. The van der Waals surface area contributed by atoms with Gasteiger partial charge in [0.1, 0.15) is 0 Å². The van der Waals surface area contributed by atoms with E-state index >= 15 is 0 Å². The molecule has 3 nitrogen and oxygen atoms in total. The van der Waals surface area contributed by atoms with E-state index in [-0.39, 0.29) is 0 Å². The summed E-state index contributed by atoms with van der Waals surface area (Å²) < 4.78 is 0. The third kappa shape index (κ3) is 6.85. The number of benzene rings is 2. The monoisotopic (exact) mass is 355 g/mol. The van der Waals surface area contributed by atoms with Gasteiger partial charge in [-0.2, -0.15) is 0 Å². The van der Waals surface area contributed by atoms with Crippen LogP contribution >= 0.6 is 12.2 Å². The minimum Gasteiger partial charge on any atom is -0.345 e. The van der Waals surface area contributed by atoms with Gasteiger partial charge in [-0.1, -0.05) is 36.4 Å². The van der Waals surface area contributed by atoms with Crippen molar-refractivity contribution in [1.82, 2.24) is 9.80 Å². The van der Waals surface area contributed by atoms with Crippen molar-refractivity contribution < 1.29 is 0 Å². The van der Waals surface area contributed by atoms with Crippen LogP contribution in [0.3, 0.4) is 0 Å². The van der Waals surface area contributed by atoms with E-state index in [9.17, 15) is 0 Å². The van der Waals surface area contributed by atoms with Crippen molar-refractivity contribution in [1.29, 1.82) is 0 Å². The van der Waals surface area contributed by atoms with E-state index in [4.69, 9.17) is 12.2 Å². The average Bonchev–Trinajstić information content (AvgIpc) is 2.53. The zero-order valence-electron chi connectivity index (χ0n) is 15.7. The van der Waals surface area contributed by atoms with E-state index in [1.165, 1.54) is 16.7 Å². The summed E-state index contributed by atoms with van der Waals surface area (Å²) in [6, 6.07) is 17.0. The smallest absolute Gasteiger partial charge is 0.173 e. The van der Waals surface area contributed by atoms with Crippen LogP contribution in [-0.2, 0) is 6.54 Å². The van der Waals surface area contributed by atoms with Crippen molar-refractivity contribution >= 4 is 23.0 Å². The molecule has 25 heavy (non-hydrogen) atoms. The molecular formula is C21H29N3S. The highest BCUT2D eigenvalue weighted by molar-refractivity contribution is 7.80. The molecule has 0 aromatic heterocycles. The summed E-state index contributed by atoms with van der Waals surface area (Å²) in [6.07, 6.45) is 1.08. The van der Waals surface area contributed by atoms with Crippen LogP contribution in [0, 0.1) is 13.8 Å². The zero-order chi connectivity index (χ0) is 18.2. The van der Waals surface area contributed by atoms with Gasteiger partial charge in [-0.15, -0.1) is 0 Å². The molecule has 0 radical (unpaired) electrons. The van der Waals surface area contributed by atoms with Crippen LogP contribution in [0.1, 0.15) is 23.1 Å². The standard InChI is InChI=1S/C21H29N3S/c1-17-13-18(2)15-20(14-17)22-21(25)24(12-8-11-23(3)4)16-19-9-6-5-7-10-19/h5-7,9-10,13-15H,8,11-12,16H2,1-4H3,(H,22,25). The summed E-state index contributed by atoms with van der Waals surface area (Å²) in [5.41, 5.74) is 4.82. The van der Waals surface area contributed by atoms with E-state index < -0.39 is 0 Å². The Morgan fingerprint density at radius 2 is 1.60 bits per heavy atom. The first kappa shape index (κ1) is 19.4. The van der Waals surface area contributed by atoms with E-state index in [0.29, 0.717) is 0 Å². The number of nitrogens with one attached hydrogen (secondary N) is 1. The van der Waals surface area contributed by atoms with Crippen LogP contribution in [0.5, 0.6) is 0 Å². The minimum atomic E-state index is 0.785. The molecule has 134 valence electrons. The maximum absolute atomic E-state index is 5.72. The van der Waals surface area contributed by atoms with Crippen LogP contribution in [-0.4, -0.2) is 42.1 Å². The second kappa shape index (κ2) is 9.54. The molecule has 0 saturated heterocycles. The maximum atomic E-state index is 5.72. The lowest BCUT2D eigenvalue weighted by molar-refractivity contribution is 0.346. The van der Waals surface area contributed by atoms with Gasteiger partial charge in [0.15, 0.2) is 5.11 Å². The van der Waals surface area contributed by atoms with E-state index in [1.54, 1.807) is 0 Å².